The van der Waals surface area contributed by atoms with Gasteiger partial charge >= 0.3 is 5.69 Å². The normalized spacial score (nSPS) is 14.5. The number of unbranched alkanes of at least 4 members (excludes halogenated alkanes) is 1. The maximum absolute atomic E-state index is 13.0. The Morgan fingerprint density at radius 3 is 2.59 bits per heavy atom. The minimum atomic E-state index is -0.430. The highest BCUT2D eigenvalue weighted by Crippen LogP contribution is 2.20. The zero-order valence-corrected chi connectivity index (χ0v) is 20.9. The van der Waals surface area contributed by atoms with Crippen LogP contribution in [0.5, 0.6) is 0 Å². The van der Waals surface area contributed by atoms with Crippen LogP contribution in [0.1, 0.15) is 45.9 Å². The predicted molar refractivity (Wildman–Crippen MR) is 134 cm³/mol. The molecule has 4 heterocycles. The number of H-pyrrole nitrogens is 1. The molecule has 1 amide bonds. The summed E-state index contributed by atoms with van der Waals surface area (Å²) in [4.78, 5) is 53.8. The topological polar surface area (TPSA) is 109 Å². The van der Waals surface area contributed by atoms with Crippen LogP contribution in [0.15, 0.2) is 21.2 Å². The third-order valence-corrected chi connectivity index (χ3v) is 6.96. The summed E-state index contributed by atoms with van der Waals surface area (Å²) in [6.07, 6.45) is 4.29. The molecule has 1 aliphatic heterocycles. The lowest BCUT2D eigenvalue weighted by Crippen LogP contribution is -2.48. The van der Waals surface area contributed by atoms with Gasteiger partial charge < -0.3 is 14.4 Å². The molecule has 1 saturated heterocycles. The Bertz CT molecular complexity index is 1230. The van der Waals surface area contributed by atoms with E-state index in [-0.39, 0.29) is 11.8 Å². The number of nitrogens with zero attached hydrogens (tertiary/aromatic N) is 6. The van der Waals surface area contributed by atoms with Crippen LogP contribution in [0.4, 0.5) is 5.13 Å². The fourth-order valence-electron chi connectivity index (χ4n) is 4.39. The van der Waals surface area contributed by atoms with Gasteiger partial charge in [0.15, 0.2) is 16.3 Å². The van der Waals surface area contributed by atoms with E-state index in [0.29, 0.717) is 56.0 Å². The van der Waals surface area contributed by atoms with Crippen LogP contribution >= 0.6 is 11.3 Å². The Morgan fingerprint density at radius 1 is 1.18 bits per heavy atom. The second-order valence-corrected chi connectivity index (χ2v) is 10.0. The number of piperazine rings is 1. The molecule has 0 spiro atoms. The summed E-state index contributed by atoms with van der Waals surface area (Å²) in [6, 6.07) is 0. The number of anilines is 1. The Balaban J connectivity index is 1.53. The number of aryl methyl sites for hydroxylation is 2. The zero-order valence-electron chi connectivity index (χ0n) is 20.1. The Hall–Kier alpha value is -2.95. The van der Waals surface area contributed by atoms with Crippen molar-refractivity contribution in [1.29, 1.82) is 0 Å². The summed E-state index contributed by atoms with van der Waals surface area (Å²) >= 11 is 1.61. The van der Waals surface area contributed by atoms with E-state index in [2.05, 4.69) is 35.6 Å². The molecular formula is C23H33N7O3S. The van der Waals surface area contributed by atoms with Crippen LogP contribution in [-0.4, -0.2) is 61.1 Å². The van der Waals surface area contributed by atoms with Gasteiger partial charge in [-0.15, -0.1) is 11.3 Å². The molecule has 4 rings (SSSR count). The van der Waals surface area contributed by atoms with Gasteiger partial charge in [-0.3, -0.25) is 19.1 Å². The van der Waals surface area contributed by atoms with Gasteiger partial charge in [-0.1, -0.05) is 27.2 Å². The van der Waals surface area contributed by atoms with Gasteiger partial charge in [-0.2, -0.15) is 0 Å². The van der Waals surface area contributed by atoms with Gasteiger partial charge in [0.05, 0.1) is 0 Å². The number of carbonyl (C=O) groups is 1. The van der Waals surface area contributed by atoms with E-state index >= 15 is 0 Å². The monoisotopic (exact) mass is 487 g/mol. The average molecular weight is 488 g/mol. The Labute approximate surface area is 202 Å². The van der Waals surface area contributed by atoms with Crippen LogP contribution in [0.25, 0.3) is 11.2 Å². The third kappa shape index (κ3) is 5.08. The lowest BCUT2D eigenvalue weighted by molar-refractivity contribution is -0.131. The fourth-order valence-corrected chi connectivity index (χ4v) is 5.09. The minimum Gasteiger partial charge on any atom is -0.345 e. The molecule has 1 fully saturated rings. The van der Waals surface area contributed by atoms with E-state index < -0.39 is 11.2 Å². The van der Waals surface area contributed by atoms with Crippen molar-refractivity contribution in [3.8, 4) is 0 Å². The van der Waals surface area contributed by atoms with Gasteiger partial charge in [0.25, 0.3) is 5.56 Å². The predicted octanol–water partition coefficient (Wildman–Crippen LogP) is 2.08. The molecule has 10 nitrogen and oxygen atoms in total. The van der Waals surface area contributed by atoms with E-state index in [1.165, 1.54) is 0 Å². The second kappa shape index (κ2) is 10.5. The summed E-state index contributed by atoms with van der Waals surface area (Å²) in [5, 5.41) is 2.96. The van der Waals surface area contributed by atoms with Gasteiger partial charge in [-0.05, 0) is 12.3 Å². The number of fused-ring (bicyclic) bond motifs is 1. The maximum atomic E-state index is 13.0. The van der Waals surface area contributed by atoms with Crippen molar-refractivity contribution < 1.29 is 4.79 Å². The summed E-state index contributed by atoms with van der Waals surface area (Å²) in [5.41, 5.74) is -0.0102. The maximum Gasteiger partial charge on any atom is 0.330 e. The molecule has 0 saturated carbocycles. The smallest absolute Gasteiger partial charge is 0.330 e. The molecule has 0 atom stereocenters. The number of hydrogen-bond donors (Lipinski definition) is 1. The molecule has 1 aliphatic rings. The van der Waals surface area contributed by atoms with Crippen molar-refractivity contribution in [1.82, 2.24) is 29.0 Å². The zero-order chi connectivity index (χ0) is 24.2. The standard InChI is InChI=1S/C23H33N7O3S/c1-4-5-9-29-20-19(21(32)26-22(29)33)30(15-16(2)3)17(25-20)6-7-18(31)27-10-12-28(13-11-27)23-24-8-14-34-23/h8,14,16H,4-7,9-13,15H2,1-3H3,(H,26,32,33). The van der Waals surface area contributed by atoms with Crippen molar-refractivity contribution >= 4 is 33.5 Å². The highest BCUT2D eigenvalue weighted by atomic mass is 32.1. The molecule has 3 aromatic heterocycles. The van der Waals surface area contributed by atoms with Crippen LogP contribution in [-0.2, 0) is 24.3 Å². The van der Waals surface area contributed by atoms with E-state index in [0.717, 1.165) is 31.1 Å². The second-order valence-electron chi connectivity index (χ2n) is 9.15. The molecule has 0 bridgehead atoms. The minimum absolute atomic E-state index is 0.0826. The fraction of sp³-hybridized carbons (Fsp3) is 0.609. The molecule has 0 aromatic carbocycles. The largest absolute Gasteiger partial charge is 0.345 e. The molecule has 1 N–H and O–H groups in total. The summed E-state index contributed by atoms with van der Waals surface area (Å²) in [5.74, 6) is 1.04. The SMILES string of the molecule is CCCCn1c(=O)[nH]c(=O)c2c1nc(CCC(=O)N1CCN(c3nccs3)CC1)n2CC(C)C. The van der Waals surface area contributed by atoms with Gasteiger partial charge in [0.2, 0.25) is 5.91 Å². The number of aromatic nitrogens is 5. The van der Waals surface area contributed by atoms with E-state index in [4.69, 9.17) is 4.98 Å². The number of hydrogen-bond acceptors (Lipinski definition) is 7. The van der Waals surface area contributed by atoms with Gasteiger partial charge in [0, 0.05) is 63.7 Å². The van der Waals surface area contributed by atoms with Crippen molar-refractivity contribution in [2.75, 3.05) is 31.1 Å². The molecule has 0 unspecified atom stereocenters. The first kappa shape index (κ1) is 24.2. The van der Waals surface area contributed by atoms with E-state index in [9.17, 15) is 14.4 Å². The van der Waals surface area contributed by atoms with Gasteiger partial charge in [0.1, 0.15) is 5.82 Å². The molecule has 3 aromatic rings. The number of amides is 1. The first-order chi connectivity index (χ1) is 16.4. The number of nitrogens with one attached hydrogen (secondary N) is 1. The molecule has 0 radical (unpaired) electrons. The van der Waals surface area contributed by atoms with E-state index in [1.54, 1.807) is 22.1 Å². The number of aromatic amines is 1. The quantitative estimate of drug-likeness (QED) is 0.495. The Morgan fingerprint density at radius 2 is 1.94 bits per heavy atom. The summed E-state index contributed by atoms with van der Waals surface area (Å²) < 4.78 is 3.45. The van der Waals surface area contributed by atoms with Gasteiger partial charge in [-0.25, -0.2) is 14.8 Å². The number of rotatable bonds is 9. The molecule has 11 heteroatoms. The lowest BCUT2D eigenvalue weighted by atomic mass is 10.2. The van der Waals surface area contributed by atoms with Crippen LogP contribution in [0.3, 0.4) is 0 Å². The van der Waals surface area contributed by atoms with Crippen molar-refractivity contribution in [3.63, 3.8) is 0 Å². The highest BCUT2D eigenvalue weighted by molar-refractivity contribution is 7.13. The lowest BCUT2D eigenvalue weighted by Gasteiger charge is -2.34. The number of imidazole rings is 1. The van der Waals surface area contributed by atoms with Crippen molar-refractivity contribution in [2.24, 2.45) is 5.92 Å². The van der Waals surface area contributed by atoms with Crippen LogP contribution < -0.4 is 16.1 Å². The summed E-state index contributed by atoms with van der Waals surface area (Å²) in [6.45, 7) is 10.2. The van der Waals surface area contributed by atoms with Crippen molar-refractivity contribution in [3.05, 3.63) is 38.2 Å². The van der Waals surface area contributed by atoms with E-state index in [1.807, 2.05) is 14.8 Å². The number of thiazole rings is 1. The molecule has 0 aliphatic carbocycles. The van der Waals surface area contributed by atoms with Crippen LogP contribution in [0.2, 0.25) is 0 Å². The molecule has 34 heavy (non-hydrogen) atoms. The molecule has 184 valence electrons. The first-order valence-corrected chi connectivity index (χ1v) is 12.9. The first-order valence-electron chi connectivity index (χ1n) is 12.0. The third-order valence-electron chi connectivity index (χ3n) is 6.13. The summed E-state index contributed by atoms with van der Waals surface area (Å²) in [7, 11) is 0. The van der Waals surface area contributed by atoms with Crippen molar-refractivity contribution in [2.45, 2.75) is 59.5 Å². The Kier molecular flexibility index (Phi) is 7.50. The highest BCUT2D eigenvalue weighted by Gasteiger charge is 2.24. The average Bonchev–Trinajstić information content (AvgIpc) is 3.46. The molecular weight excluding hydrogens is 454 g/mol. The van der Waals surface area contributed by atoms with Crippen LogP contribution in [0, 0.1) is 5.92 Å². The number of carbonyl (C=O) groups excluding carboxylic acids is 1.